The van der Waals surface area contributed by atoms with Crippen molar-refractivity contribution in [3.8, 4) is 23.0 Å². The summed E-state index contributed by atoms with van der Waals surface area (Å²) in [5, 5.41) is 14.1. The first-order chi connectivity index (χ1) is 17.5. The van der Waals surface area contributed by atoms with Crippen LogP contribution < -0.4 is 25.0 Å². The fourth-order valence-corrected chi connectivity index (χ4v) is 4.34. The lowest BCUT2D eigenvalue weighted by molar-refractivity contribution is -0.121. The summed E-state index contributed by atoms with van der Waals surface area (Å²) in [5.41, 5.74) is 1.89. The number of hydrogen-bond acceptors (Lipinski definition) is 7. The fraction of sp³-hybridized carbons (Fsp3) is 0.214. The molecule has 5 rings (SSSR count). The van der Waals surface area contributed by atoms with Crippen LogP contribution in [0, 0.1) is 0 Å². The van der Waals surface area contributed by atoms with Gasteiger partial charge in [0.25, 0.3) is 0 Å². The molecule has 2 N–H and O–H groups in total. The quantitative estimate of drug-likeness (QED) is 0.385. The van der Waals surface area contributed by atoms with Crippen molar-refractivity contribution < 1.29 is 28.5 Å². The maximum atomic E-state index is 13.4. The van der Waals surface area contributed by atoms with E-state index in [0.717, 1.165) is 11.3 Å². The van der Waals surface area contributed by atoms with Crippen LogP contribution in [-0.2, 0) is 11.2 Å². The van der Waals surface area contributed by atoms with Crippen LogP contribution in [-0.4, -0.2) is 31.5 Å². The Bertz CT molecular complexity index is 1460. The fourth-order valence-electron chi connectivity index (χ4n) is 4.34. The summed E-state index contributed by atoms with van der Waals surface area (Å²) in [5.74, 6) is 0.494. The molecule has 1 unspecified atom stereocenters. The molecule has 0 aliphatic carbocycles. The Hall–Kier alpha value is -4.46. The number of phenols is 1. The molecule has 1 atom stereocenters. The van der Waals surface area contributed by atoms with Crippen molar-refractivity contribution in [2.75, 3.05) is 20.4 Å². The first kappa shape index (κ1) is 23.3. The predicted molar refractivity (Wildman–Crippen MR) is 133 cm³/mol. The molecule has 0 fully saturated rings. The molecule has 1 amide bonds. The molecular weight excluding hydrogens is 462 g/mol. The number of ether oxygens (including phenoxy) is 3. The first-order valence-electron chi connectivity index (χ1n) is 11.6. The Morgan fingerprint density at radius 3 is 2.58 bits per heavy atom. The first-order valence-corrected chi connectivity index (χ1v) is 11.6. The Balaban J connectivity index is 1.41. The van der Waals surface area contributed by atoms with Gasteiger partial charge in [-0.2, -0.15) is 0 Å². The second-order valence-electron chi connectivity index (χ2n) is 8.49. The zero-order chi connectivity index (χ0) is 25.1. The van der Waals surface area contributed by atoms with Gasteiger partial charge in [0.15, 0.2) is 16.9 Å². The van der Waals surface area contributed by atoms with Crippen LogP contribution >= 0.6 is 0 Å². The lowest BCUT2D eigenvalue weighted by Crippen LogP contribution is -2.28. The van der Waals surface area contributed by atoms with E-state index >= 15 is 0 Å². The van der Waals surface area contributed by atoms with Gasteiger partial charge in [-0.1, -0.05) is 24.3 Å². The van der Waals surface area contributed by atoms with Crippen LogP contribution in [0.1, 0.15) is 29.0 Å². The predicted octanol–water partition coefficient (Wildman–Crippen LogP) is 4.12. The van der Waals surface area contributed by atoms with E-state index in [9.17, 15) is 14.7 Å². The maximum Gasteiger partial charge on any atom is 0.231 e. The van der Waals surface area contributed by atoms with Gasteiger partial charge in [-0.3, -0.25) is 9.59 Å². The number of nitrogens with one attached hydrogen (secondary N) is 1. The molecule has 184 valence electrons. The number of hydrogen-bond donors (Lipinski definition) is 2. The van der Waals surface area contributed by atoms with Crippen molar-refractivity contribution in [1.82, 2.24) is 5.32 Å². The standard InChI is InChI=1S/C28H25NO7/c1-33-18-8-6-17(7-9-18)10-11-29-27(31)13-20(21-12-25-26(14-23(21)30)36-16-35-25)22-15-34-24-5-3-2-4-19(24)28(22)32/h2-9,12,14-15,20,30H,10-11,13,16H2,1H3,(H,29,31). The lowest BCUT2D eigenvalue weighted by Gasteiger charge is -2.19. The van der Waals surface area contributed by atoms with Crippen molar-refractivity contribution in [2.45, 2.75) is 18.8 Å². The number of carbonyl (C=O) groups excluding carboxylic acids is 1. The van der Waals surface area contributed by atoms with E-state index in [1.165, 1.54) is 12.3 Å². The minimum absolute atomic E-state index is 0.0346. The van der Waals surface area contributed by atoms with Crippen LogP contribution in [0.3, 0.4) is 0 Å². The summed E-state index contributed by atoms with van der Waals surface area (Å²) in [4.78, 5) is 26.4. The molecular formula is C28H25NO7. The largest absolute Gasteiger partial charge is 0.508 e. The minimum Gasteiger partial charge on any atom is -0.508 e. The van der Waals surface area contributed by atoms with Crippen LogP contribution in [0.15, 0.2) is 76.1 Å². The monoisotopic (exact) mass is 487 g/mol. The maximum absolute atomic E-state index is 13.4. The average molecular weight is 488 g/mol. The van der Waals surface area contributed by atoms with Gasteiger partial charge in [0.05, 0.1) is 18.8 Å². The van der Waals surface area contributed by atoms with E-state index in [2.05, 4.69) is 5.32 Å². The number of aromatic hydroxyl groups is 1. The molecule has 3 aromatic carbocycles. The number of para-hydroxylation sites is 1. The molecule has 1 aromatic heterocycles. The highest BCUT2D eigenvalue weighted by atomic mass is 16.7. The number of carbonyl (C=O) groups is 1. The third kappa shape index (κ3) is 4.70. The molecule has 2 heterocycles. The number of fused-ring (bicyclic) bond motifs is 2. The number of benzene rings is 3. The molecule has 8 heteroatoms. The number of phenolic OH excluding ortho intramolecular Hbond substituents is 1. The van der Waals surface area contributed by atoms with Crippen LogP contribution in [0.25, 0.3) is 11.0 Å². The molecule has 0 saturated carbocycles. The van der Waals surface area contributed by atoms with Gasteiger partial charge in [-0.05, 0) is 42.3 Å². The SMILES string of the molecule is COc1ccc(CCNC(=O)CC(c2cc3c(cc2O)OCO3)c2coc3ccccc3c2=O)cc1. The second-order valence-corrected chi connectivity index (χ2v) is 8.49. The van der Waals surface area contributed by atoms with E-state index in [0.29, 0.717) is 41.0 Å². The lowest BCUT2D eigenvalue weighted by atomic mass is 9.87. The molecule has 0 saturated heterocycles. The zero-order valence-electron chi connectivity index (χ0n) is 19.7. The molecule has 36 heavy (non-hydrogen) atoms. The molecule has 1 aliphatic rings. The summed E-state index contributed by atoms with van der Waals surface area (Å²) in [6.07, 6.45) is 1.93. The molecule has 1 aliphatic heterocycles. The zero-order valence-corrected chi connectivity index (χ0v) is 19.7. The van der Waals surface area contributed by atoms with Crippen molar-refractivity contribution >= 4 is 16.9 Å². The van der Waals surface area contributed by atoms with Gasteiger partial charge < -0.3 is 29.1 Å². The summed E-state index contributed by atoms with van der Waals surface area (Å²) >= 11 is 0. The average Bonchev–Trinajstić information content (AvgIpc) is 3.35. The van der Waals surface area contributed by atoms with Gasteiger partial charge in [-0.15, -0.1) is 0 Å². The van der Waals surface area contributed by atoms with Gasteiger partial charge >= 0.3 is 0 Å². The van der Waals surface area contributed by atoms with Crippen molar-refractivity contribution in [2.24, 2.45) is 0 Å². The van der Waals surface area contributed by atoms with Gasteiger partial charge in [0, 0.05) is 36.1 Å². The summed E-state index contributed by atoms with van der Waals surface area (Å²) in [6.45, 7) is 0.449. The molecule has 8 nitrogen and oxygen atoms in total. The second kappa shape index (κ2) is 10.0. The van der Waals surface area contributed by atoms with Crippen LogP contribution in [0.2, 0.25) is 0 Å². The van der Waals surface area contributed by atoms with Crippen LogP contribution in [0.5, 0.6) is 23.0 Å². The minimum atomic E-state index is -0.763. The van der Waals surface area contributed by atoms with Crippen molar-refractivity contribution in [1.29, 1.82) is 0 Å². The summed E-state index contributed by atoms with van der Waals surface area (Å²) in [7, 11) is 1.61. The van der Waals surface area contributed by atoms with E-state index in [4.69, 9.17) is 18.6 Å². The summed E-state index contributed by atoms with van der Waals surface area (Å²) < 4.78 is 21.7. The summed E-state index contributed by atoms with van der Waals surface area (Å²) in [6, 6.07) is 17.6. The van der Waals surface area contributed by atoms with Crippen molar-refractivity contribution in [3.63, 3.8) is 0 Å². The highest BCUT2D eigenvalue weighted by Gasteiger charge is 2.28. The third-order valence-corrected chi connectivity index (χ3v) is 6.26. The van der Waals surface area contributed by atoms with E-state index in [1.807, 2.05) is 24.3 Å². The number of methoxy groups -OCH3 is 1. The highest BCUT2D eigenvalue weighted by Crippen LogP contribution is 2.42. The number of rotatable bonds is 8. The van der Waals surface area contributed by atoms with Crippen molar-refractivity contribution in [3.05, 3.63) is 93.8 Å². The Morgan fingerprint density at radius 1 is 1.06 bits per heavy atom. The van der Waals surface area contributed by atoms with Gasteiger partial charge in [-0.25, -0.2) is 0 Å². The van der Waals surface area contributed by atoms with Gasteiger partial charge in [0.1, 0.15) is 17.1 Å². The van der Waals surface area contributed by atoms with E-state index in [1.54, 1.807) is 37.4 Å². The van der Waals surface area contributed by atoms with Gasteiger partial charge in [0.2, 0.25) is 12.7 Å². The number of amides is 1. The smallest absolute Gasteiger partial charge is 0.231 e. The molecule has 0 bridgehead atoms. The topological polar surface area (TPSA) is 107 Å². The molecule has 4 aromatic rings. The van der Waals surface area contributed by atoms with Crippen LogP contribution in [0.4, 0.5) is 0 Å². The molecule has 0 radical (unpaired) electrons. The van der Waals surface area contributed by atoms with E-state index in [-0.39, 0.29) is 35.9 Å². The highest BCUT2D eigenvalue weighted by molar-refractivity contribution is 5.80. The van der Waals surface area contributed by atoms with E-state index < -0.39 is 5.92 Å². The third-order valence-electron chi connectivity index (χ3n) is 6.26. The Labute approximate surface area is 207 Å². The normalized spacial score (nSPS) is 12.9. The Morgan fingerprint density at radius 2 is 1.81 bits per heavy atom. The Kier molecular flexibility index (Phi) is 6.49. The molecule has 0 spiro atoms.